The maximum Gasteiger partial charge on any atom is 0.221 e. The first-order valence-corrected chi connectivity index (χ1v) is 7.00. The molecule has 0 aromatic rings. The minimum Gasteiger partial charge on any atom is -0.354 e. The van der Waals surface area contributed by atoms with Gasteiger partial charge in [-0.3, -0.25) is 4.79 Å². The van der Waals surface area contributed by atoms with Crippen molar-refractivity contribution in [2.45, 2.75) is 51.6 Å². The molecule has 18 heavy (non-hydrogen) atoms. The molecule has 0 aliphatic carbocycles. The molecule has 4 heteroatoms. The number of hydrogen-bond acceptors (Lipinski definition) is 3. The van der Waals surface area contributed by atoms with E-state index in [1.54, 1.807) is 0 Å². The van der Waals surface area contributed by atoms with Gasteiger partial charge in [0.15, 0.2) is 0 Å². The molecule has 1 aliphatic rings. The standard InChI is InChI=1S/C14H29N3O/c1-11-7-6-8-15-12(11)9-13(18)16-10-14(2,3)17(4)5/h11-12,15H,6-10H2,1-5H3,(H,16,18). The molecular weight excluding hydrogens is 226 g/mol. The second-order valence-electron chi connectivity index (χ2n) is 6.37. The van der Waals surface area contributed by atoms with Gasteiger partial charge in [0.05, 0.1) is 0 Å². The van der Waals surface area contributed by atoms with E-state index >= 15 is 0 Å². The first-order chi connectivity index (χ1) is 8.33. The molecule has 4 nitrogen and oxygen atoms in total. The average molecular weight is 255 g/mol. The summed E-state index contributed by atoms with van der Waals surface area (Å²) in [7, 11) is 4.08. The maximum atomic E-state index is 12.0. The van der Waals surface area contributed by atoms with Crippen LogP contribution in [0.2, 0.25) is 0 Å². The molecule has 1 fully saturated rings. The summed E-state index contributed by atoms with van der Waals surface area (Å²) >= 11 is 0. The van der Waals surface area contributed by atoms with E-state index in [1.807, 2.05) is 14.1 Å². The fourth-order valence-electron chi connectivity index (χ4n) is 2.13. The highest BCUT2D eigenvalue weighted by molar-refractivity contribution is 5.76. The van der Waals surface area contributed by atoms with E-state index in [0.29, 0.717) is 24.9 Å². The van der Waals surface area contributed by atoms with Gasteiger partial charge in [0.25, 0.3) is 0 Å². The van der Waals surface area contributed by atoms with E-state index in [4.69, 9.17) is 0 Å². The lowest BCUT2D eigenvalue weighted by Gasteiger charge is -2.33. The molecule has 106 valence electrons. The number of carbonyl (C=O) groups is 1. The molecular formula is C14H29N3O. The van der Waals surface area contributed by atoms with E-state index < -0.39 is 0 Å². The fraction of sp³-hybridized carbons (Fsp3) is 0.929. The van der Waals surface area contributed by atoms with Crippen molar-refractivity contribution in [2.24, 2.45) is 5.92 Å². The Kier molecular flexibility index (Phi) is 5.60. The van der Waals surface area contributed by atoms with Crippen molar-refractivity contribution in [1.29, 1.82) is 0 Å². The van der Waals surface area contributed by atoms with Crippen molar-refractivity contribution in [3.8, 4) is 0 Å². The molecule has 0 radical (unpaired) electrons. The summed E-state index contributed by atoms with van der Waals surface area (Å²) in [6.07, 6.45) is 3.06. The van der Waals surface area contributed by atoms with Crippen LogP contribution in [0.5, 0.6) is 0 Å². The van der Waals surface area contributed by atoms with Crippen LogP contribution >= 0.6 is 0 Å². The number of hydrogen-bond donors (Lipinski definition) is 2. The van der Waals surface area contributed by atoms with Gasteiger partial charge >= 0.3 is 0 Å². The third-order valence-corrected chi connectivity index (χ3v) is 4.26. The van der Waals surface area contributed by atoms with Gasteiger partial charge in [-0.2, -0.15) is 0 Å². The average Bonchev–Trinajstić information content (AvgIpc) is 2.29. The number of nitrogens with one attached hydrogen (secondary N) is 2. The summed E-state index contributed by atoms with van der Waals surface area (Å²) < 4.78 is 0. The smallest absolute Gasteiger partial charge is 0.221 e. The Balaban J connectivity index is 2.33. The Morgan fingerprint density at radius 2 is 2.11 bits per heavy atom. The molecule has 1 aliphatic heterocycles. The molecule has 0 spiro atoms. The summed E-state index contributed by atoms with van der Waals surface area (Å²) in [6.45, 7) is 8.24. The zero-order valence-electron chi connectivity index (χ0n) is 12.5. The zero-order chi connectivity index (χ0) is 13.8. The van der Waals surface area contributed by atoms with Crippen molar-refractivity contribution in [2.75, 3.05) is 27.2 Å². The molecule has 0 aromatic carbocycles. The Hall–Kier alpha value is -0.610. The Bertz CT molecular complexity index is 276. The highest BCUT2D eigenvalue weighted by Crippen LogP contribution is 2.18. The first-order valence-electron chi connectivity index (χ1n) is 7.00. The summed E-state index contributed by atoms with van der Waals surface area (Å²) in [4.78, 5) is 14.1. The molecule has 1 saturated heterocycles. The molecule has 1 rings (SSSR count). The summed E-state index contributed by atoms with van der Waals surface area (Å²) in [6, 6.07) is 0.348. The lowest BCUT2D eigenvalue weighted by atomic mass is 9.90. The second-order valence-corrected chi connectivity index (χ2v) is 6.37. The van der Waals surface area contributed by atoms with Crippen LogP contribution in [0.1, 0.15) is 40.0 Å². The lowest BCUT2D eigenvalue weighted by Crippen LogP contribution is -2.50. The van der Waals surface area contributed by atoms with Gasteiger partial charge < -0.3 is 15.5 Å². The topological polar surface area (TPSA) is 44.4 Å². The van der Waals surface area contributed by atoms with Crippen molar-refractivity contribution in [1.82, 2.24) is 15.5 Å². The van der Waals surface area contributed by atoms with Gasteiger partial charge in [0.2, 0.25) is 5.91 Å². The van der Waals surface area contributed by atoms with Gasteiger partial charge in [0.1, 0.15) is 0 Å². The number of piperidine rings is 1. The van der Waals surface area contributed by atoms with Gasteiger partial charge in [-0.15, -0.1) is 0 Å². The van der Waals surface area contributed by atoms with Crippen LogP contribution in [0.4, 0.5) is 0 Å². The molecule has 0 aromatic heterocycles. The van der Waals surface area contributed by atoms with Gasteiger partial charge in [0, 0.05) is 24.5 Å². The Morgan fingerprint density at radius 1 is 1.44 bits per heavy atom. The van der Waals surface area contributed by atoms with Crippen LogP contribution < -0.4 is 10.6 Å². The van der Waals surface area contributed by atoms with E-state index in [-0.39, 0.29) is 11.4 Å². The number of nitrogens with zero attached hydrogens (tertiary/aromatic N) is 1. The van der Waals surface area contributed by atoms with Crippen LogP contribution in [0, 0.1) is 5.92 Å². The van der Waals surface area contributed by atoms with Crippen molar-refractivity contribution in [3.63, 3.8) is 0 Å². The van der Waals surface area contributed by atoms with Crippen LogP contribution in [-0.4, -0.2) is 49.6 Å². The third-order valence-electron chi connectivity index (χ3n) is 4.26. The maximum absolute atomic E-state index is 12.0. The van der Waals surface area contributed by atoms with Crippen molar-refractivity contribution < 1.29 is 4.79 Å². The first kappa shape index (κ1) is 15.4. The van der Waals surface area contributed by atoms with E-state index in [2.05, 4.69) is 36.3 Å². The van der Waals surface area contributed by atoms with Crippen molar-refractivity contribution in [3.05, 3.63) is 0 Å². The van der Waals surface area contributed by atoms with E-state index in [0.717, 1.165) is 6.54 Å². The van der Waals surface area contributed by atoms with Crippen LogP contribution in [0.3, 0.4) is 0 Å². The van der Waals surface area contributed by atoms with Crippen molar-refractivity contribution >= 4 is 5.91 Å². The highest BCUT2D eigenvalue weighted by Gasteiger charge is 2.25. The lowest BCUT2D eigenvalue weighted by molar-refractivity contribution is -0.122. The number of carbonyl (C=O) groups excluding carboxylic acids is 1. The molecule has 0 saturated carbocycles. The van der Waals surface area contributed by atoms with E-state index in [9.17, 15) is 4.79 Å². The van der Waals surface area contributed by atoms with Crippen LogP contribution in [0.15, 0.2) is 0 Å². The molecule has 1 heterocycles. The normalized spacial score (nSPS) is 25.2. The molecule has 2 N–H and O–H groups in total. The minimum absolute atomic E-state index is 0.00126. The van der Waals surface area contributed by atoms with Gasteiger partial charge in [-0.05, 0) is 53.2 Å². The summed E-state index contributed by atoms with van der Waals surface area (Å²) in [5.74, 6) is 0.766. The van der Waals surface area contributed by atoms with Crippen LogP contribution in [-0.2, 0) is 4.79 Å². The summed E-state index contributed by atoms with van der Waals surface area (Å²) in [5, 5.41) is 6.50. The zero-order valence-corrected chi connectivity index (χ0v) is 12.5. The molecule has 1 amide bonds. The third kappa shape index (κ3) is 4.58. The quantitative estimate of drug-likeness (QED) is 0.776. The predicted molar refractivity (Wildman–Crippen MR) is 75.6 cm³/mol. The predicted octanol–water partition coefficient (Wildman–Crippen LogP) is 1.22. The molecule has 2 atom stereocenters. The Labute approximate surface area is 111 Å². The minimum atomic E-state index is 0.00126. The SMILES string of the molecule is CC1CCCNC1CC(=O)NCC(C)(C)N(C)C. The number of amides is 1. The fourth-order valence-corrected chi connectivity index (χ4v) is 2.13. The van der Waals surface area contributed by atoms with Crippen LogP contribution in [0.25, 0.3) is 0 Å². The van der Waals surface area contributed by atoms with Gasteiger partial charge in [-0.25, -0.2) is 0 Å². The van der Waals surface area contributed by atoms with Gasteiger partial charge in [-0.1, -0.05) is 6.92 Å². The molecule has 2 unspecified atom stereocenters. The number of rotatable bonds is 5. The second kappa shape index (κ2) is 6.53. The highest BCUT2D eigenvalue weighted by atomic mass is 16.1. The Morgan fingerprint density at radius 3 is 2.67 bits per heavy atom. The summed E-state index contributed by atoms with van der Waals surface area (Å²) in [5.41, 5.74) is 0.00126. The van der Waals surface area contributed by atoms with E-state index in [1.165, 1.54) is 12.8 Å². The monoisotopic (exact) mass is 255 g/mol. The molecule has 0 bridgehead atoms. The number of likely N-dealkylation sites (N-methyl/N-ethyl adjacent to an activating group) is 1. The largest absolute Gasteiger partial charge is 0.354 e.